The van der Waals surface area contributed by atoms with Gasteiger partial charge in [0.15, 0.2) is 0 Å². The summed E-state index contributed by atoms with van der Waals surface area (Å²) >= 11 is 0. The number of carbonyl (C=O) groups is 10. The molecule has 26 nitrogen and oxygen atoms in total. The van der Waals surface area contributed by atoms with Crippen molar-refractivity contribution < 1.29 is 124 Å². The van der Waals surface area contributed by atoms with E-state index >= 15 is 0 Å². The Morgan fingerprint density at radius 2 is 0.455 bits per heavy atom. The molecule has 470 valence electrons. The molecule has 6 aromatic carbocycles. The number of nitrogens with zero attached hydrogens (tertiary/aromatic N) is 4. The van der Waals surface area contributed by atoms with Gasteiger partial charge < -0.3 is 62.9 Å². The molecule has 28 heteroatoms. The Bertz CT molecular complexity index is 2890. The molecule has 0 heterocycles. The summed E-state index contributed by atoms with van der Waals surface area (Å²) in [6.07, 6.45) is 6.25. The second kappa shape index (κ2) is 44.2. The van der Waals surface area contributed by atoms with Gasteiger partial charge in [-0.05, 0) is 119 Å². The van der Waals surface area contributed by atoms with Crippen LogP contribution in [-0.2, 0) is 62.9 Å². The van der Waals surface area contributed by atoms with E-state index < -0.39 is 35.8 Å². The van der Waals surface area contributed by atoms with Crippen molar-refractivity contribution in [1.82, 2.24) is 21.3 Å². The van der Waals surface area contributed by atoms with E-state index in [2.05, 4.69) is 41.2 Å². The van der Waals surface area contributed by atoms with E-state index in [-0.39, 0.29) is 121 Å². The maximum absolute atomic E-state index is 12.0. The van der Waals surface area contributed by atoms with Crippen molar-refractivity contribution in [2.24, 2.45) is 20.0 Å². The Morgan fingerprint density at radius 3 is 0.591 bits per heavy atom. The van der Waals surface area contributed by atoms with Crippen LogP contribution >= 0.6 is 0 Å². The average Bonchev–Trinajstić information content (AvgIpc) is 3.58. The molecule has 6 rings (SSSR count). The Balaban J connectivity index is 0. The standard InChI is InChI=1S/2C28H26N4O6.2C2H4O2.2Cu.2H2O/c2*33-25(34)13-15-29-27(37)21-5-9-23(10-6-21)31-17-19-1-2-20(4-3-19)18-32-24-11-7-22(8-12-24)28(38)30-16-14-26(35)36;2*1-2(3)4;;;;/h2*1-12,17-18H,13-16H2,(H,29,37)(H,30,38)(H,33,34)(H,35,36);2*1H3,(H,3,4);;;2*1H2/q;;;;2*+2;;. The van der Waals surface area contributed by atoms with Crippen LogP contribution in [0.3, 0.4) is 0 Å². The van der Waals surface area contributed by atoms with Crippen LogP contribution in [0.2, 0.25) is 0 Å². The number of hydrogen-bond donors (Lipinski definition) is 10. The first-order valence-electron chi connectivity index (χ1n) is 25.2. The second-order valence-electron chi connectivity index (χ2n) is 17.2. The largest absolute Gasteiger partial charge is 2.00 e. The van der Waals surface area contributed by atoms with Crippen molar-refractivity contribution in [1.29, 1.82) is 0 Å². The number of carboxylic acid groups (broad SMARTS) is 6. The quantitative estimate of drug-likeness (QED) is 0.0256. The third kappa shape index (κ3) is 35.1. The van der Waals surface area contributed by atoms with Crippen LogP contribution in [0, 0.1) is 0 Å². The van der Waals surface area contributed by atoms with Crippen LogP contribution in [-0.4, -0.2) is 152 Å². The number of hydrogen-bond acceptors (Lipinski definition) is 14. The topological polar surface area (TPSA) is 453 Å². The average molecular weight is 1310 g/mol. The van der Waals surface area contributed by atoms with Gasteiger partial charge in [-0.1, -0.05) is 48.5 Å². The molecule has 0 saturated carbocycles. The van der Waals surface area contributed by atoms with Gasteiger partial charge in [-0.2, -0.15) is 0 Å². The zero-order valence-corrected chi connectivity index (χ0v) is 48.9. The van der Waals surface area contributed by atoms with Crippen molar-refractivity contribution >= 4 is 107 Å². The summed E-state index contributed by atoms with van der Waals surface area (Å²) in [5.41, 5.74) is 7.83. The molecule has 6 aromatic rings. The number of nitrogens with one attached hydrogen (secondary N) is 4. The van der Waals surface area contributed by atoms with Crippen molar-refractivity contribution in [2.45, 2.75) is 39.5 Å². The molecule has 2 radical (unpaired) electrons. The van der Waals surface area contributed by atoms with E-state index in [9.17, 15) is 38.4 Å². The van der Waals surface area contributed by atoms with E-state index in [0.29, 0.717) is 45.0 Å². The van der Waals surface area contributed by atoms with Crippen LogP contribution in [0.1, 0.15) is 103 Å². The van der Waals surface area contributed by atoms with Gasteiger partial charge in [0, 0.05) is 87.1 Å². The molecular weight excluding hydrogens is 1250 g/mol. The first-order valence-corrected chi connectivity index (χ1v) is 25.2. The smallest absolute Gasteiger partial charge is 0.481 e. The normalized spacial score (nSPS) is 10.0. The van der Waals surface area contributed by atoms with E-state index in [1.807, 2.05) is 48.5 Å². The van der Waals surface area contributed by atoms with Gasteiger partial charge in [0.1, 0.15) is 0 Å². The van der Waals surface area contributed by atoms with Crippen molar-refractivity contribution in [3.05, 3.63) is 190 Å². The summed E-state index contributed by atoms with van der Waals surface area (Å²) in [6.45, 7) is 2.43. The predicted molar refractivity (Wildman–Crippen MR) is 320 cm³/mol. The van der Waals surface area contributed by atoms with Crippen LogP contribution in [0.5, 0.6) is 0 Å². The van der Waals surface area contributed by atoms with Crippen molar-refractivity contribution in [3.8, 4) is 0 Å². The third-order valence-corrected chi connectivity index (χ3v) is 10.3. The molecule has 0 atom stereocenters. The fourth-order valence-electron chi connectivity index (χ4n) is 6.27. The van der Waals surface area contributed by atoms with Gasteiger partial charge in [0.05, 0.1) is 48.4 Å². The molecule has 0 fully saturated rings. The number of carbonyl (C=O) groups excluding carboxylic acids is 4. The number of amides is 4. The zero-order valence-electron chi connectivity index (χ0n) is 47.0. The molecule has 0 saturated heterocycles. The number of rotatable bonds is 24. The van der Waals surface area contributed by atoms with Gasteiger partial charge >= 0.3 is 58.0 Å². The minimum atomic E-state index is -0.971. The summed E-state index contributed by atoms with van der Waals surface area (Å²) in [5, 5.41) is 59.6. The van der Waals surface area contributed by atoms with E-state index in [1.54, 1.807) is 122 Å². The Labute approximate surface area is 525 Å². The zero-order chi connectivity index (χ0) is 61.8. The first-order chi connectivity index (χ1) is 40.1. The summed E-state index contributed by atoms with van der Waals surface area (Å²) in [4.78, 5) is 126. The molecule has 0 spiro atoms. The maximum Gasteiger partial charge on any atom is 2.00 e. The molecule has 0 aliphatic rings. The molecule has 0 aliphatic heterocycles. The Morgan fingerprint density at radius 1 is 0.307 bits per heavy atom. The molecule has 0 bridgehead atoms. The molecule has 14 N–H and O–H groups in total. The second-order valence-corrected chi connectivity index (χ2v) is 17.2. The summed E-state index contributed by atoms with van der Waals surface area (Å²) in [6, 6.07) is 41.7. The molecule has 0 aromatic heterocycles. The number of aliphatic imine (C=N–C) groups is 4. The minimum absolute atomic E-state index is 0. The summed E-state index contributed by atoms with van der Waals surface area (Å²) < 4.78 is 0. The molecule has 88 heavy (non-hydrogen) atoms. The number of aliphatic carboxylic acids is 6. The molecule has 4 amide bonds. The maximum atomic E-state index is 12.0. The van der Waals surface area contributed by atoms with Gasteiger partial charge in [0.25, 0.3) is 35.6 Å². The summed E-state index contributed by atoms with van der Waals surface area (Å²) in [5.74, 6) is -6.91. The van der Waals surface area contributed by atoms with Gasteiger partial charge in [-0.3, -0.25) is 67.9 Å². The van der Waals surface area contributed by atoms with Crippen LogP contribution in [0.25, 0.3) is 0 Å². The summed E-state index contributed by atoms with van der Waals surface area (Å²) in [7, 11) is 0. The van der Waals surface area contributed by atoms with Crippen molar-refractivity contribution in [3.63, 3.8) is 0 Å². The first kappa shape index (κ1) is 79.7. The van der Waals surface area contributed by atoms with E-state index in [4.69, 9.17) is 40.2 Å². The van der Waals surface area contributed by atoms with E-state index in [1.165, 1.54) is 0 Å². The molecule has 0 aliphatic carbocycles. The fraction of sp³-hybridized carbons (Fsp3) is 0.167. The van der Waals surface area contributed by atoms with Gasteiger partial charge in [-0.15, -0.1) is 0 Å². The third-order valence-electron chi connectivity index (χ3n) is 10.3. The number of carboxylic acids is 6. The van der Waals surface area contributed by atoms with Crippen molar-refractivity contribution in [2.75, 3.05) is 26.2 Å². The SMILES string of the molecule is CC(=O)O.CC(=O)O.O.O.O=C(O)CCNC(=O)c1ccc(N=Cc2ccc(C=Nc3ccc(C(=O)NCCC(=O)O)cc3)cc2)cc1.O=C(O)CCNC(=O)c1ccc(N=Cc2ccc(C=Nc3ccc(C(=O)NCCC(=O)O)cc3)cc2)cc1.[Cu+2].[Cu+2]. The van der Waals surface area contributed by atoms with Crippen LogP contribution in [0.15, 0.2) is 166 Å². The fourth-order valence-corrected chi connectivity index (χ4v) is 6.27. The van der Waals surface area contributed by atoms with Gasteiger partial charge in [0.2, 0.25) is 0 Å². The van der Waals surface area contributed by atoms with Crippen LogP contribution in [0.4, 0.5) is 22.7 Å². The Hall–Kier alpha value is -10.3. The monoisotopic (exact) mass is 1310 g/mol. The van der Waals surface area contributed by atoms with E-state index in [0.717, 1.165) is 36.1 Å². The Kier molecular flexibility index (Phi) is 40.0. The predicted octanol–water partition coefficient (Wildman–Crippen LogP) is 5.72. The minimum Gasteiger partial charge on any atom is -0.481 e. The molecular formula is C60H64Cu2N8O18+4. The number of benzene rings is 6. The molecule has 0 unspecified atom stereocenters. The van der Waals surface area contributed by atoms with Crippen LogP contribution < -0.4 is 21.3 Å². The van der Waals surface area contributed by atoms with Gasteiger partial charge in [-0.25, -0.2) is 0 Å².